The van der Waals surface area contributed by atoms with Crippen molar-refractivity contribution in [2.75, 3.05) is 30.0 Å². The van der Waals surface area contributed by atoms with Crippen LogP contribution in [0, 0.1) is 5.82 Å². The fourth-order valence-corrected chi connectivity index (χ4v) is 3.56. The third kappa shape index (κ3) is 2.75. The highest BCUT2D eigenvalue weighted by molar-refractivity contribution is 7.99. The number of halogens is 1. The Hall–Kier alpha value is -0.740. The Morgan fingerprint density at radius 3 is 3.00 bits per heavy atom. The minimum atomic E-state index is -0.134. The average Bonchev–Trinajstić information content (AvgIpc) is 2.85. The van der Waals surface area contributed by atoms with Gasteiger partial charge >= 0.3 is 0 Å². The lowest BCUT2D eigenvalue weighted by atomic mass is 10.1. The summed E-state index contributed by atoms with van der Waals surface area (Å²) in [6.45, 7) is 0.487. The van der Waals surface area contributed by atoms with Gasteiger partial charge in [-0.15, -0.1) is 0 Å². The maximum atomic E-state index is 13.8. The van der Waals surface area contributed by atoms with Crippen molar-refractivity contribution in [1.82, 2.24) is 0 Å². The highest BCUT2D eigenvalue weighted by Gasteiger charge is 2.22. The zero-order valence-corrected chi connectivity index (χ0v) is 11.0. The molecule has 1 heterocycles. The van der Waals surface area contributed by atoms with Gasteiger partial charge in [0.05, 0.1) is 0 Å². The lowest BCUT2D eigenvalue weighted by molar-refractivity contribution is 0.605. The molecule has 1 aliphatic heterocycles. The van der Waals surface area contributed by atoms with E-state index in [0.717, 1.165) is 17.0 Å². The first-order valence-electron chi connectivity index (χ1n) is 6.02. The van der Waals surface area contributed by atoms with Crippen molar-refractivity contribution in [2.24, 2.45) is 5.73 Å². The normalized spacial score (nSPS) is 19.6. The lowest BCUT2D eigenvalue weighted by Crippen LogP contribution is -2.32. The van der Waals surface area contributed by atoms with Gasteiger partial charge in [0.25, 0.3) is 0 Å². The monoisotopic (exact) mass is 254 g/mol. The second-order valence-corrected chi connectivity index (χ2v) is 5.55. The van der Waals surface area contributed by atoms with E-state index in [9.17, 15) is 4.39 Å². The summed E-state index contributed by atoms with van der Waals surface area (Å²) in [5, 5.41) is 0. The number of hydrogen-bond acceptors (Lipinski definition) is 3. The topological polar surface area (TPSA) is 29.3 Å². The second-order valence-electron chi connectivity index (χ2n) is 4.40. The smallest absolute Gasteiger partial charge is 0.128 e. The van der Waals surface area contributed by atoms with Crippen LogP contribution in [0.1, 0.15) is 12.0 Å². The number of anilines is 1. The summed E-state index contributed by atoms with van der Waals surface area (Å²) < 4.78 is 13.8. The Labute approximate surface area is 106 Å². The second kappa shape index (κ2) is 5.74. The molecular formula is C13H19FN2S. The number of nitrogens with two attached hydrogens (primary N) is 1. The van der Waals surface area contributed by atoms with Crippen LogP contribution in [-0.4, -0.2) is 31.1 Å². The van der Waals surface area contributed by atoms with E-state index >= 15 is 0 Å². The number of thioether (sulfide) groups is 1. The zero-order valence-electron chi connectivity index (χ0n) is 10.2. The molecule has 0 spiro atoms. The van der Waals surface area contributed by atoms with Crippen molar-refractivity contribution in [3.63, 3.8) is 0 Å². The molecule has 17 heavy (non-hydrogen) atoms. The summed E-state index contributed by atoms with van der Waals surface area (Å²) in [6, 6.07) is 5.82. The molecule has 0 radical (unpaired) electrons. The highest BCUT2D eigenvalue weighted by atomic mass is 32.2. The zero-order chi connectivity index (χ0) is 12.3. The van der Waals surface area contributed by atoms with Gasteiger partial charge in [-0.25, -0.2) is 4.39 Å². The third-order valence-electron chi connectivity index (χ3n) is 3.32. The van der Waals surface area contributed by atoms with E-state index in [1.54, 1.807) is 6.07 Å². The van der Waals surface area contributed by atoms with E-state index < -0.39 is 0 Å². The Bertz CT molecular complexity index is 378. The fraction of sp³-hybridized carbons (Fsp3) is 0.538. The van der Waals surface area contributed by atoms with Gasteiger partial charge in [0.1, 0.15) is 5.82 Å². The molecule has 1 aliphatic rings. The first-order chi connectivity index (χ1) is 8.24. The summed E-state index contributed by atoms with van der Waals surface area (Å²) in [5.41, 5.74) is 7.32. The van der Waals surface area contributed by atoms with E-state index in [0.29, 0.717) is 19.0 Å². The molecule has 1 atom stereocenters. The molecule has 1 aromatic rings. The van der Waals surface area contributed by atoms with Gasteiger partial charge in [-0.3, -0.25) is 0 Å². The van der Waals surface area contributed by atoms with Gasteiger partial charge in [-0.2, -0.15) is 11.8 Å². The summed E-state index contributed by atoms with van der Waals surface area (Å²) in [4.78, 5) is 2.22. The van der Waals surface area contributed by atoms with Crippen LogP contribution in [-0.2, 0) is 6.42 Å². The highest BCUT2D eigenvalue weighted by Crippen LogP contribution is 2.29. The van der Waals surface area contributed by atoms with Crippen molar-refractivity contribution in [3.8, 4) is 0 Å². The number of benzene rings is 1. The van der Waals surface area contributed by atoms with Gasteiger partial charge in [-0.1, -0.05) is 6.07 Å². The first kappa shape index (κ1) is 12.7. The molecule has 0 amide bonds. The third-order valence-corrected chi connectivity index (χ3v) is 4.47. The summed E-state index contributed by atoms with van der Waals surface area (Å²) in [5.74, 6) is 2.21. The van der Waals surface area contributed by atoms with E-state index in [1.807, 2.05) is 17.8 Å². The summed E-state index contributed by atoms with van der Waals surface area (Å²) >= 11 is 1.97. The molecule has 94 valence electrons. The van der Waals surface area contributed by atoms with Crippen molar-refractivity contribution in [3.05, 3.63) is 29.6 Å². The maximum Gasteiger partial charge on any atom is 0.128 e. The van der Waals surface area contributed by atoms with E-state index in [4.69, 9.17) is 5.73 Å². The summed E-state index contributed by atoms with van der Waals surface area (Å²) in [7, 11) is 2.06. The largest absolute Gasteiger partial charge is 0.370 e. The van der Waals surface area contributed by atoms with Crippen molar-refractivity contribution in [2.45, 2.75) is 18.9 Å². The van der Waals surface area contributed by atoms with Crippen LogP contribution < -0.4 is 10.6 Å². The Balaban J connectivity index is 2.26. The standard InChI is InChI=1S/C13H19FN2S/c1-16(10-6-8-17-9-10)13-4-2-3-12(14)11(13)5-7-15/h2-4,10H,5-9,15H2,1H3. The van der Waals surface area contributed by atoms with Crippen LogP contribution >= 0.6 is 11.8 Å². The molecule has 2 N–H and O–H groups in total. The molecule has 0 aromatic heterocycles. The van der Waals surface area contributed by atoms with E-state index in [1.165, 1.54) is 18.2 Å². The molecule has 1 fully saturated rings. The molecular weight excluding hydrogens is 235 g/mol. The minimum absolute atomic E-state index is 0.134. The molecule has 4 heteroatoms. The van der Waals surface area contributed by atoms with Crippen LogP contribution in [0.25, 0.3) is 0 Å². The van der Waals surface area contributed by atoms with Crippen molar-refractivity contribution >= 4 is 17.4 Å². The maximum absolute atomic E-state index is 13.8. The molecule has 2 nitrogen and oxygen atoms in total. The first-order valence-corrected chi connectivity index (χ1v) is 7.17. The molecule has 2 rings (SSSR count). The average molecular weight is 254 g/mol. The number of nitrogens with zero attached hydrogens (tertiary/aromatic N) is 1. The fourth-order valence-electron chi connectivity index (χ4n) is 2.29. The molecule has 1 aromatic carbocycles. The van der Waals surface area contributed by atoms with Gasteiger partial charge in [0.2, 0.25) is 0 Å². The number of rotatable bonds is 4. The molecule has 1 saturated heterocycles. The van der Waals surface area contributed by atoms with Crippen LogP contribution in [0.2, 0.25) is 0 Å². The van der Waals surface area contributed by atoms with Crippen LogP contribution in [0.15, 0.2) is 18.2 Å². The summed E-state index contributed by atoms with van der Waals surface area (Å²) in [6.07, 6.45) is 1.78. The number of hydrogen-bond donors (Lipinski definition) is 1. The lowest BCUT2D eigenvalue weighted by Gasteiger charge is -2.28. The van der Waals surface area contributed by atoms with Crippen molar-refractivity contribution < 1.29 is 4.39 Å². The van der Waals surface area contributed by atoms with Crippen molar-refractivity contribution in [1.29, 1.82) is 0 Å². The quantitative estimate of drug-likeness (QED) is 0.893. The molecule has 1 unspecified atom stereocenters. The predicted octanol–water partition coefficient (Wildman–Crippen LogP) is 2.27. The molecule has 0 aliphatic carbocycles. The van der Waals surface area contributed by atoms with Crippen LogP contribution in [0.3, 0.4) is 0 Å². The Morgan fingerprint density at radius 1 is 1.53 bits per heavy atom. The van der Waals surface area contributed by atoms with Gasteiger partial charge in [-0.05, 0) is 37.3 Å². The SMILES string of the molecule is CN(c1cccc(F)c1CCN)C1CCSC1. The Morgan fingerprint density at radius 2 is 2.35 bits per heavy atom. The predicted molar refractivity (Wildman–Crippen MR) is 73.3 cm³/mol. The van der Waals surface area contributed by atoms with Crippen LogP contribution in [0.5, 0.6) is 0 Å². The van der Waals surface area contributed by atoms with E-state index in [2.05, 4.69) is 11.9 Å². The molecule has 0 bridgehead atoms. The minimum Gasteiger partial charge on any atom is -0.370 e. The van der Waals surface area contributed by atoms with Gasteiger partial charge in [0, 0.05) is 30.1 Å². The van der Waals surface area contributed by atoms with E-state index in [-0.39, 0.29) is 5.82 Å². The van der Waals surface area contributed by atoms with Gasteiger partial charge in [0.15, 0.2) is 0 Å². The molecule has 0 saturated carbocycles. The van der Waals surface area contributed by atoms with Crippen LogP contribution in [0.4, 0.5) is 10.1 Å². The van der Waals surface area contributed by atoms with Gasteiger partial charge < -0.3 is 10.6 Å². The Kier molecular flexibility index (Phi) is 4.29.